The minimum Gasteiger partial charge on any atom is -0.484 e. The number of carbonyl (C=O) groups excluding carboxylic acids is 1. The number of likely N-dealkylation sites (tertiary alicyclic amines) is 1. The molecule has 2 heterocycles. The molecule has 2 saturated heterocycles. The molecule has 1 amide bonds. The predicted octanol–water partition coefficient (Wildman–Crippen LogP) is 2.42. The van der Waals surface area contributed by atoms with Gasteiger partial charge in [0.1, 0.15) is 11.4 Å². The van der Waals surface area contributed by atoms with Gasteiger partial charge in [-0.05, 0) is 43.7 Å². The summed E-state index contributed by atoms with van der Waals surface area (Å²) in [7, 11) is 0. The van der Waals surface area contributed by atoms with E-state index >= 15 is 0 Å². The highest BCUT2D eigenvalue weighted by Crippen LogP contribution is 2.40. The topological polar surface area (TPSA) is 48.0 Å². The molecular formula is C20H27NO4. The lowest BCUT2D eigenvalue weighted by molar-refractivity contribution is -0.170. The van der Waals surface area contributed by atoms with Crippen LogP contribution in [0, 0.1) is 18.8 Å². The number of ether oxygens (including phenoxy) is 3. The smallest absolute Gasteiger partial charge is 0.260 e. The Morgan fingerprint density at radius 3 is 2.80 bits per heavy atom. The van der Waals surface area contributed by atoms with Crippen LogP contribution in [0.25, 0.3) is 0 Å². The van der Waals surface area contributed by atoms with Crippen molar-refractivity contribution in [2.75, 3.05) is 39.5 Å². The zero-order valence-electron chi connectivity index (χ0n) is 14.9. The largest absolute Gasteiger partial charge is 0.484 e. The number of nitrogens with zero attached hydrogens (tertiary/aromatic N) is 1. The summed E-state index contributed by atoms with van der Waals surface area (Å²) in [6.07, 6.45) is 3.66. The highest BCUT2D eigenvalue weighted by molar-refractivity contribution is 5.79. The number of aryl methyl sites for hydroxylation is 1. The van der Waals surface area contributed by atoms with Crippen molar-refractivity contribution in [1.82, 2.24) is 4.90 Å². The summed E-state index contributed by atoms with van der Waals surface area (Å²) in [5.41, 5.74) is 0.865. The number of rotatable bonds is 7. The van der Waals surface area contributed by atoms with E-state index in [1.165, 1.54) is 12.8 Å². The van der Waals surface area contributed by atoms with Gasteiger partial charge < -0.3 is 19.1 Å². The van der Waals surface area contributed by atoms with Crippen molar-refractivity contribution in [2.45, 2.75) is 31.8 Å². The third-order valence-corrected chi connectivity index (χ3v) is 5.68. The molecular weight excluding hydrogens is 318 g/mol. The summed E-state index contributed by atoms with van der Waals surface area (Å²) in [6.45, 7) is 5.83. The summed E-state index contributed by atoms with van der Waals surface area (Å²) in [4.78, 5) is 14.2. The van der Waals surface area contributed by atoms with Gasteiger partial charge in [-0.3, -0.25) is 4.79 Å². The van der Waals surface area contributed by atoms with Gasteiger partial charge in [-0.1, -0.05) is 18.2 Å². The molecule has 0 aromatic heterocycles. The molecule has 1 aromatic rings. The molecule has 0 N–H and O–H groups in total. The zero-order valence-corrected chi connectivity index (χ0v) is 14.9. The lowest BCUT2D eigenvalue weighted by Crippen LogP contribution is -2.67. The third kappa shape index (κ3) is 3.67. The highest BCUT2D eigenvalue weighted by Gasteiger charge is 2.54. The molecule has 4 rings (SSSR count). The van der Waals surface area contributed by atoms with Gasteiger partial charge in [0.25, 0.3) is 5.91 Å². The van der Waals surface area contributed by atoms with Gasteiger partial charge in [-0.25, -0.2) is 0 Å². The van der Waals surface area contributed by atoms with Crippen LogP contribution in [-0.2, 0) is 14.3 Å². The molecule has 0 bridgehead atoms. The third-order valence-electron chi connectivity index (χ3n) is 5.68. The van der Waals surface area contributed by atoms with Crippen LogP contribution in [0.5, 0.6) is 5.75 Å². The predicted molar refractivity (Wildman–Crippen MR) is 93.6 cm³/mol. The number of hydrogen-bond acceptors (Lipinski definition) is 4. The first-order valence-corrected chi connectivity index (χ1v) is 9.34. The van der Waals surface area contributed by atoms with E-state index in [2.05, 4.69) is 0 Å². The van der Waals surface area contributed by atoms with Crippen LogP contribution < -0.4 is 4.74 Å². The second-order valence-electron chi connectivity index (χ2n) is 7.68. The highest BCUT2D eigenvalue weighted by atomic mass is 16.5. The second kappa shape index (κ2) is 6.96. The molecule has 3 aliphatic rings. The fraction of sp³-hybridized carbons (Fsp3) is 0.650. The van der Waals surface area contributed by atoms with Crippen molar-refractivity contribution in [3.05, 3.63) is 29.8 Å². The SMILES string of the molecule is Cc1ccccc1OCC(=O)N1CC2(C1)OCCC2COCC1CC1. The van der Waals surface area contributed by atoms with Gasteiger partial charge in [0.15, 0.2) is 6.61 Å². The minimum absolute atomic E-state index is 0.0297. The van der Waals surface area contributed by atoms with E-state index < -0.39 is 0 Å². The quantitative estimate of drug-likeness (QED) is 0.761. The Morgan fingerprint density at radius 1 is 1.24 bits per heavy atom. The first-order valence-electron chi connectivity index (χ1n) is 9.34. The Morgan fingerprint density at radius 2 is 2.04 bits per heavy atom. The monoisotopic (exact) mass is 345 g/mol. The summed E-state index contributed by atoms with van der Waals surface area (Å²) in [5.74, 6) is 2.00. The van der Waals surface area contributed by atoms with Crippen LogP contribution in [0.3, 0.4) is 0 Å². The summed E-state index contributed by atoms with van der Waals surface area (Å²) >= 11 is 0. The van der Waals surface area contributed by atoms with E-state index in [1.54, 1.807) is 0 Å². The van der Waals surface area contributed by atoms with Crippen molar-refractivity contribution < 1.29 is 19.0 Å². The van der Waals surface area contributed by atoms with E-state index in [0.717, 1.165) is 43.5 Å². The minimum atomic E-state index is -0.179. The molecule has 2 aliphatic heterocycles. The number of hydrogen-bond donors (Lipinski definition) is 0. The second-order valence-corrected chi connectivity index (χ2v) is 7.68. The fourth-order valence-electron chi connectivity index (χ4n) is 3.76. The van der Waals surface area contributed by atoms with Crippen molar-refractivity contribution in [3.63, 3.8) is 0 Å². The summed E-state index contributed by atoms with van der Waals surface area (Å²) in [5, 5.41) is 0. The summed E-state index contributed by atoms with van der Waals surface area (Å²) < 4.78 is 17.6. The number of benzene rings is 1. The Hall–Kier alpha value is -1.59. The van der Waals surface area contributed by atoms with E-state index in [4.69, 9.17) is 14.2 Å². The zero-order chi connectivity index (χ0) is 17.3. The van der Waals surface area contributed by atoms with Gasteiger partial charge in [-0.15, -0.1) is 0 Å². The average Bonchev–Trinajstić information content (AvgIpc) is 3.30. The maximum atomic E-state index is 12.4. The number of para-hydroxylation sites is 1. The van der Waals surface area contributed by atoms with Crippen molar-refractivity contribution in [1.29, 1.82) is 0 Å². The Balaban J connectivity index is 1.24. The van der Waals surface area contributed by atoms with Crippen LogP contribution in [0.15, 0.2) is 24.3 Å². The average molecular weight is 345 g/mol. The first-order chi connectivity index (χ1) is 12.2. The molecule has 1 aliphatic carbocycles. The van der Waals surface area contributed by atoms with E-state index in [9.17, 15) is 4.79 Å². The molecule has 1 aromatic carbocycles. The standard InChI is InChI=1S/C20H27NO4/c1-15-4-2-3-5-18(15)24-12-19(22)21-13-20(14-21)17(8-9-25-20)11-23-10-16-6-7-16/h2-5,16-17H,6-14H2,1H3. The Labute approximate surface area is 149 Å². The first kappa shape index (κ1) is 16.9. The van der Waals surface area contributed by atoms with Crippen LogP contribution in [-0.4, -0.2) is 55.9 Å². The molecule has 1 saturated carbocycles. The van der Waals surface area contributed by atoms with Crippen molar-refractivity contribution in [3.8, 4) is 5.75 Å². The Kier molecular flexibility index (Phi) is 4.69. The fourth-order valence-corrected chi connectivity index (χ4v) is 3.76. The van der Waals surface area contributed by atoms with Crippen molar-refractivity contribution in [2.24, 2.45) is 11.8 Å². The molecule has 5 nitrogen and oxygen atoms in total. The molecule has 136 valence electrons. The Bertz CT molecular complexity index is 622. The number of amides is 1. The molecule has 5 heteroatoms. The molecule has 25 heavy (non-hydrogen) atoms. The van der Waals surface area contributed by atoms with E-state index in [0.29, 0.717) is 19.0 Å². The number of carbonyl (C=O) groups is 1. The van der Waals surface area contributed by atoms with Gasteiger partial charge in [-0.2, -0.15) is 0 Å². The molecule has 3 fully saturated rings. The van der Waals surface area contributed by atoms with Gasteiger partial charge in [0.05, 0.1) is 19.7 Å². The molecule has 1 atom stereocenters. The van der Waals surface area contributed by atoms with Crippen LogP contribution >= 0.6 is 0 Å². The summed E-state index contributed by atoms with van der Waals surface area (Å²) in [6, 6.07) is 7.76. The van der Waals surface area contributed by atoms with Gasteiger partial charge >= 0.3 is 0 Å². The van der Waals surface area contributed by atoms with Crippen LogP contribution in [0.1, 0.15) is 24.8 Å². The van der Waals surface area contributed by atoms with E-state index in [-0.39, 0.29) is 18.1 Å². The van der Waals surface area contributed by atoms with E-state index in [1.807, 2.05) is 36.1 Å². The van der Waals surface area contributed by atoms with Gasteiger partial charge in [0, 0.05) is 19.1 Å². The maximum Gasteiger partial charge on any atom is 0.260 e. The van der Waals surface area contributed by atoms with Crippen molar-refractivity contribution >= 4 is 5.91 Å². The molecule has 1 spiro atoms. The van der Waals surface area contributed by atoms with Gasteiger partial charge in [0.2, 0.25) is 0 Å². The molecule has 1 unspecified atom stereocenters. The lowest BCUT2D eigenvalue weighted by Gasteiger charge is -2.50. The normalized spacial score (nSPS) is 24.4. The maximum absolute atomic E-state index is 12.4. The lowest BCUT2D eigenvalue weighted by atomic mass is 9.81. The molecule has 0 radical (unpaired) electrons. The van der Waals surface area contributed by atoms with Crippen LogP contribution in [0.4, 0.5) is 0 Å². The van der Waals surface area contributed by atoms with Crippen LogP contribution in [0.2, 0.25) is 0 Å².